The van der Waals surface area contributed by atoms with E-state index in [0.717, 1.165) is 57.1 Å². The lowest BCUT2D eigenvalue weighted by atomic mass is 10.1. The first kappa shape index (κ1) is 19.2. The highest BCUT2D eigenvalue weighted by atomic mass is 32.2. The second-order valence-electron chi connectivity index (χ2n) is 6.91. The van der Waals surface area contributed by atoms with E-state index in [1.165, 1.54) is 16.2 Å². The normalized spacial score (nSPS) is 15.0. The molecule has 1 fully saturated rings. The second kappa shape index (κ2) is 9.37. The number of ether oxygens (including phenoxy) is 1. The van der Waals surface area contributed by atoms with Crippen LogP contribution in [-0.4, -0.2) is 58.5 Å². The van der Waals surface area contributed by atoms with Crippen LogP contribution in [0.1, 0.15) is 6.42 Å². The van der Waals surface area contributed by atoms with Crippen molar-refractivity contribution in [3.63, 3.8) is 0 Å². The maximum Gasteiger partial charge on any atom is 0.0964 e. The summed E-state index contributed by atoms with van der Waals surface area (Å²) in [6.07, 6.45) is 8.85. The Kier molecular flexibility index (Phi) is 6.41. The number of benzene rings is 1. The van der Waals surface area contributed by atoms with Gasteiger partial charge in [0.25, 0.3) is 0 Å². The minimum absolute atomic E-state index is 0.851. The number of rotatable bonds is 7. The average molecular weight is 395 g/mol. The van der Waals surface area contributed by atoms with Crippen LogP contribution in [0, 0.1) is 0 Å². The molecule has 4 rings (SSSR count). The highest BCUT2D eigenvalue weighted by molar-refractivity contribution is 7.98. The van der Waals surface area contributed by atoms with Crippen molar-refractivity contribution in [2.75, 3.05) is 39.1 Å². The van der Waals surface area contributed by atoms with Crippen LogP contribution >= 0.6 is 11.8 Å². The van der Waals surface area contributed by atoms with Gasteiger partial charge in [0.1, 0.15) is 0 Å². The highest BCUT2D eigenvalue weighted by Gasteiger charge is 2.16. The van der Waals surface area contributed by atoms with Crippen LogP contribution in [0.5, 0.6) is 0 Å². The molecule has 0 saturated carbocycles. The average Bonchev–Trinajstić information content (AvgIpc) is 3.19. The lowest BCUT2D eigenvalue weighted by Crippen LogP contribution is -2.37. The first-order chi connectivity index (χ1) is 13.8. The molecule has 0 bridgehead atoms. The molecule has 0 atom stereocenters. The summed E-state index contributed by atoms with van der Waals surface area (Å²) in [5, 5.41) is 0. The molecule has 5 nitrogen and oxygen atoms in total. The van der Waals surface area contributed by atoms with Crippen LogP contribution in [0.15, 0.2) is 60.0 Å². The van der Waals surface area contributed by atoms with Gasteiger partial charge in [0.05, 0.1) is 30.9 Å². The summed E-state index contributed by atoms with van der Waals surface area (Å²) in [6, 6.07) is 12.8. The molecule has 3 heterocycles. The molecule has 6 heteroatoms. The van der Waals surface area contributed by atoms with E-state index in [1.54, 1.807) is 11.8 Å². The number of aromatic nitrogens is 3. The molecule has 1 aromatic carbocycles. The van der Waals surface area contributed by atoms with E-state index < -0.39 is 0 Å². The van der Waals surface area contributed by atoms with Crippen molar-refractivity contribution in [3.05, 3.63) is 55.1 Å². The van der Waals surface area contributed by atoms with E-state index in [4.69, 9.17) is 9.72 Å². The molecule has 0 aliphatic carbocycles. The van der Waals surface area contributed by atoms with Crippen LogP contribution in [0.2, 0.25) is 0 Å². The number of pyridine rings is 1. The number of thioether (sulfide) groups is 1. The lowest BCUT2D eigenvalue weighted by molar-refractivity contribution is 0.0369. The van der Waals surface area contributed by atoms with Crippen molar-refractivity contribution < 1.29 is 4.74 Å². The minimum atomic E-state index is 0.851. The quantitative estimate of drug-likeness (QED) is 0.566. The van der Waals surface area contributed by atoms with Crippen LogP contribution in [-0.2, 0) is 11.3 Å². The summed E-state index contributed by atoms with van der Waals surface area (Å²) in [4.78, 5) is 12.7. The molecule has 28 heavy (non-hydrogen) atoms. The second-order valence-corrected chi connectivity index (χ2v) is 7.79. The van der Waals surface area contributed by atoms with Gasteiger partial charge >= 0.3 is 0 Å². The Hall–Kier alpha value is -2.15. The van der Waals surface area contributed by atoms with Gasteiger partial charge in [0.2, 0.25) is 0 Å². The molecule has 0 radical (unpaired) electrons. The fourth-order valence-electron chi connectivity index (χ4n) is 3.64. The molecule has 1 aliphatic rings. The molecule has 0 amide bonds. The van der Waals surface area contributed by atoms with E-state index >= 15 is 0 Å². The molecule has 2 aromatic heterocycles. The van der Waals surface area contributed by atoms with Crippen LogP contribution in [0.4, 0.5) is 0 Å². The summed E-state index contributed by atoms with van der Waals surface area (Å²) in [7, 11) is 0. The van der Waals surface area contributed by atoms with E-state index in [-0.39, 0.29) is 0 Å². The van der Waals surface area contributed by atoms with E-state index in [2.05, 4.69) is 45.0 Å². The van der Waals surface area contributed by atoms with Gasteiger partial charge in [0, 0.05) is 54.6 Å². The van der Waals surface area contributed by atoms with Crippen molar-refractivity contribution >= 4 is 11.8 Å². The Labute approximate surface area is 170 Å². The number of hydrogen-bond donors (Lipinski definition) is 0. The highest BCUT2D eigenvalue weighted by Crippen LogP contribution is 2.33. The summed E-state index contributed by atoms with van der Waals surface area (Å²) in [5.41, 5.74) is 4.52. The van der Waals surface area contributed by atoms with Crippen LogP contribution < -0.4 is 0 Å². The maximum absolute atomic E-state index is 5.45. The van der Waals surface area contributed by atoms with Gasteiger partial charge in [-0.2, -0.15) is 0 Å². The SMILES string of the molecule is CSc1cccc(-c2c(-c3ccncc3)ncn2CCCN2CCOCC2)c1. The van der Waals surface area contributed by atoms with Gasteiger partial charge in [-0.05, 0) is 36.9 Å². The maximum atomic E-state index is 5.45. The first-order valence-corrected chi connectivity index (χ1v) is 11.0. The predicted molar refractivity (Wildman–Crippen MR) is 115 cm³/mol. The zero-order valence-electron chi connectivity index (χ0n) is 16.3. The standard InChI is InChI=1S/C22H26N4OS/c1-28-20-5-2-4-19(16-20)22-21(18-6-8-23-9-7-18)24-17-26(22)11-3-10-25-12-14-27-15-13-25/h2,4-9,16-17H,3,10-15H2,1H3. The molecule has 3 aromatic rings. The third-order valence-electron chi connectivity index (χ3n) is 5.11. The smallest absolute Gasteiger partial charge is 0.0964 e. The zero-order valence-corrected chi connectivity index (χ0v) is 17.1. The van der Waals surface area contributed by atoms with Gasteiger partial charge in [-0.3, -0.25) is 9.88 Å². The summed E-state index contributed by atoms with van der Waals surface area (Å²) in [6.45, 7) is 5.82. The van der Waals surface area contributed by atoms with Crippen molar-refractivity contribution in [2.45, 2.75) is 17.9 Å². The predicted octanol–water partition coefficient (Wildman–Crippen LogP) is 4.06. The fraction of sp³-hybridized carbons (Fsp3) is 0.364. The van der Waals surface area contributed by atoms with Crippen LogP contribution in [0.25, 0.3) is 22.5 Å². The van der Waals surface area contributed by atoms with Gasteiger partial charge in [0.15, 0.2) is 0 Å². The number of imidazole rings is 1. The zero-order chi connectivity index (χ0) is 19.2. The topological polar surface area (TPSA) is 43.2 Å². The monoisotopic (exact) mass is 394 g/mol. The number of hydrogen-bond acceptors (Lipinski definition) is 5. The van der Waals surface area contributed by atoms with Crippen molar-refractivity contribution in [1.29, 1.82) is 0 Å². The number of aryl methyl sites for hydroxylation is 1. The van der Waals surface area contributed by atoms with E-state index in [1.807, 2.05) is 30.9 Å². The summed E-state index contributed by atoms with van der Waals surface area (Å²) >= 11 is 1.77. The van der Waals surface area contributed by atoms with Gasteiger partial charge in [-0.15, -0.1) is 11.8 Å². The molecular formula is C22H26N4OS. The number of nitrogens with zero attached hydrogens (tertiary/aromatic N) is 4. The van der Waals surface area contributed by atoms with Crippen LogP contribution in [0.3, 0.4) is 0 Å². The Bertz CT molecular complexity index is 891. The van der Waals surface area contributed by atoms with E-state index in [9.17, 15) is 0 Å². The summed E-state index contributed by atoms with van der Waals surface area (Å²) in [5.74, 6) is 0. The Morgan fingerprint density at radius 3 is 2.64 bits per heavy atom. The Morgan fingerprint density at radius 2 is 1.86 bits per heavy atom. The fourth-order valence-corrected chi connectivity index (χ4v) is 4.09. The molecule has 0 N–H and O–H groups in total. The third-order valence-corrected chi connectivity index (χ3v) is 5.84. The minimum Gasteiger partial charge on any atom is -0.379 e. The molecule has 1 aliphatic heterocycles. The molecule has 0 spiro atoms. The van der Waals surface area contributed by atoms with Gasteiger partial charge < -0.3 is 9.30 Å². The van der Waals surface area contributed by atoms with Crippen molar-refractivity contribution in [2.24, 2.45) is 0 Å². The lowest BCUT2D eigenvalue weighted by Gasteiger charge is -2.26. The van der Waals surface area contributed by atoms with Crippen molar-refractivity contribution in [1.82, 2.24) is 19.4 Å². The molecule has 1 saturated heterocycles. The summed E-state index contributed by atoms with van der Waals surface area (Å²) < 4.78 is 7.75. The van der Waals surface area contributed by atoms with Gasteiger partial charge in [-0.25, -0.2) is 4.98 Å². The molecule has 146 valence electrons. The number of morpholine rings is 1. The third kappa shape index (κ3) is 4.46. The van der Waals surface area contributed by atoms with E-state index in [0.29, 0.717) is 0 Å². The first-order valence-electron chi connectivity index (χ1n) is 9.75. The Morgan fingerprint density at radius 1 is 1.04 bits per heavy atom. The molecular weight excluding hydrogens is 368 g/mol. The Balaban J connectivity index is 1.61. The largest absolute Gasteiger partial charge is 0.379 e. The van der Waals surface area contributed by atoms with Crippen molar-refractivity contribution in [3.8, 4) is 22.5 Å². The molecule has 0 unspecified atom stereocenters. The van der Waals surface area contributed by atoms with Gasteiger partial charge in [-0.1, -0.05) is 12.1 Å².